The quantitative estimate of drug-likeness (QED) is 0.590. The smallest absolute Gasteiger partial charge is 0.258 e. The van der Waals surface area contributed by atoms with Crippen LogP contribution in [0.25, 0.3) is 11.1 Å². The van der Waals surface area contributed by atoms with E-state index in [4.69, 9.17) is 0 Å². The van der Waals surface area contributed by atoms with Crippen molar-refractivity contribution in [2.75, 3.05) is 0 Å². The van der Waals surface area contributed by atoms with Crippen molar-refractivity contribution in [3.8, 4) is 11.1 Å². The SMILES string of the molecule is O=[N+]([O-])c1cc(F)cc(-c2ccc(F)cc2)c1. The molecule has 0 fully saturated rings. The molecule has 0 radical (unpaired) electrons. The summed E-state index contributed by atoms with van der Waals surface area (Å²) >= 11 is 0. The molecule has 0 atom stereocenters. The first-order chi connectivity index (χ1) is 8.06. The standard InChI is InChI=1S/C12H7F2NO2/c13-10-3-1-8(2-4-10)9-5-11(14)7-12(6-9)15(16)17/h1-7H. The Kier molecular flexibility index (Phi) is 2.82. The molecule has 2 rings (SSSR count). The highest BCUT2D eigenvalue weighted by Gasteiger charge is 2.10. The summed E-state index contributed by atoms with van der Waals surface area (Å²) in [5.41, 5.74) is 0.537. The molecule has 0 aliphatic rings. The summed E-state index contributed by atoms with van der Waals surface area (Å²) in [6.45, 7) is 0. The highest BCUT2D eigenvalue weighted by molar-refractivity contribution is 5.66. The lowest BCUT2D eigenvalue weighted by Crippen LogP contribution is -1.90. The predicted molar refractivity (Wildman–Crippen MR) is 58.4 cm³/mol. The molecule has 17 heavy (non-hydrogen) atoms. The van der Waals surface area contributed by atoms with Crippen LogP contribution in [0.3, 0.4) is 0 Å². The van der Waals surface area contributed by atoms with Crippen molar-refractivity contribution in [2.24, 2.45) is 0 Å². The average Bonchev–Trinajstić information content (AvgIpc) is 2.29. The highest BCUT2D eigenvalue weighted by atomic mass is 19.1. The summed E-state index contributed by atoms with van der Waals surface area (Å²) in [5, 5.41) is 10.6. The van der Waals surface area contributed by atoms with Gasteiger partial charge in [-0.1, -0.05) is 12.1 Å². The molecular weight excluding hydrogens is 228 g/mol. The zero-order chi connectivity index (χ0) is 12.4. The lowest BCUT2D eigenvalue weighted by Gasteiger charge is -2.02. The van der Waals surface area contributed by atoms with E-state index in [0.29, 0.717) is 11.1 Å². The number of hydrogen-bond donors (Lipinski definition) is 0. The zero-order valence-electron chi connectivity index (χ0n) is 8.56. The van der Waals surface area contributed by atoms with Crippen LogP contribution in [0.5, 0.6) is 0 Å². The minimum absolute atomic E-state index is 0.329. The topological polar surface area (TPSA) is 43.1 Å². The van der Waals surface area contributed by atoms with Gasteiger partial charge < -0.3 is 0 Å². The molecule has 0 saturated carbocycles. The number of rotatable bonds is 2. The van der Waals surface area contributed by atoms with E-state index in [-0.39, 0.29) is 5.69 Å². The number of halogens is 2. The fourth-order valence-electron chi connectivity index (χ4n) is 1.49. The Balaban J connectivity index is 2.51. The molecule has 0 N–H and O–H groups in total. The Morgan fingerprint density at radius 1 is 0.882 bits per heavy atom. The normalized spacial score (nSPS) is 10.2. The van der Waals surface area contributed by atoms with E-state index in [9.17, 15) is 18.9 Å². The maximum Gasteiger partial charge on any atom is 0.272 e. The van der Waals surface area contributed by atoms with E-state index in [2.05, 4.69) is 0 Å². The largest absolute Gasteiger partial charge is 0.272 e. The van der Waals surface area contributed by atoms with Crippen LogP contribution in [0.15, 0.2) is 42.5 Å². The van der Waals surface area contributed by atoms with Gasteiger partial charge in [0.05, 0.1) is 11.0 Å². The molecule has 2 aromatic rings. The van der Waals surface area contributed by atoms with Gasteiger partial charge in [-0.2, -0.15) is 0 Å². The Morgan fingerprint density at radius 3 is 2.12 bits per heavy atom. The molecule has 5 heteroatoms. The van der Waals surface area contributed by atoms with Crippen LogP contribution >= 0.6 is 0 Å². The van der Waals surface area contributed by atoms with Gasteiger partial charge in [0, 0.05) is 6.07 Å². The Morgan fingerprint density at radius 2 is 1.53 bits per heavy atom. The van der Waals surface area contributed by atoms with Crippen LogP contribution in [-0.2, 0) is 0 Å². The van der Waals surface area contributed by atoms with Gasteiger partial charge in [-0.3, -0.25) is 10.1 Å². The molecule has 0 aliphatic heterocycles. The van der Waals surface area contributed by atoms with Gasteiger partial charge >= 0.3 is 0 Å². The Labute approximate surface area is 95.5 Å². The van der Waals surface area contributed by atoms with Crippen molar-refractivity contribution >= 4 is 5.69 Å². The van der Waals surface area contributed by atoms with Gasteiger partial charge in [0.25, 0.3) is 5.69 Å². The molecule has 0 unspecified atom stereocenters. The summed E-state index contributed by atoms with van der Waals surface area (Å²) < 4.78 is 25.9. The first kappa shape index (κ1) is 11.2. The third-order valence-corrected chi connectivity index (χ3v) is 2.27. The van der Waals surface area contributed by atoms with Crippen molar-refractivity contribution < 1.29 is 13.7 Å². The molecule has 2 aromatic carbocycles. The Bertz CT molecular complexity index is 567. The third-order valence-electron chi connectivity index (χ3n) is 2.27. The molecule has 0 heterocycles. The van der Waals surface area contributed by atoms with E-state index in [1.165, 1.54) is 36.4 Å². The number of nitro groups is 1. The number of benzene rings is 2. The van der Waals surface area contributed by atoms with E-state index in [0.717, 1.165) is 6.07 Å². The van der Waals surface area contributed by atoms with Crippen molar-refractivity contribution in [2.45, 2.75) is 0 Å². The molecule has 86 valence electrons. The van der Waals surface area contributed by atoms with Crippen LogP contribution in [0, 0.1) is 21.7 Å². The maximum atomic E-state index is 13.2. The lowest BCUT2D eigenvalue weighted by atomic mass is 10.1. The number of hydrogen-bond acceptors (Lipinski definition) is 2. The molecule has 3 nitrogen and oxygen atoms in total. The third kappa shape index (κ3) is 2.44. The van der Waals surface area contributed by atoms with Crippen molar-refractivity contribution in [3.63, 3.8) is 0 Å². The number of non-ortho nitro benzene ring substituents is 1. The average molecular weight is 235 g/mol. The second kappa shape index (κ2) is 4.29. The summed E-state index contributed by atoms with van der Waals surface area (Å²) in [7, 11) is 0. The van der Waals surface area contributed by atoms with Crippen molar-refractivity contribution in [3.05, 3.63) is 64.2 Å². The van der Waals surface area contributed by atoms with E-state index >= 15 is 0 Å². The summed E-state index contributed by atoms with van der Waals surface area (Å²) in [6.07, 6.45) is 0. The van der Waals surface area contributed by atoms with E-state index in [1.807, 2.05) is 0 Å². The molecule has 0 aromatic heterocycles. The van der Waals surface area contributed by atoms with E-state index in [1.54, 1.807) is 0 Å². The van der Waals surface area contributed by atoms with Crippen molar-refractivity contribution in [1.82, 2.24) is 0 Å². The molecule has 0 aliphatic carbocycles. The number of nitro benzene ring substituents is 1. The minimum Gasteiger partial charge on any atom is -0.258 e. The van der Waals surface area contributed by atoms with Crippen LogP contribution in [-0.4, -0.2) is 4.92 Å². The van der Waals surface area contributed by atoms with Crippen molar-refractivity contribution in [1.29, 1.82) is 0 Å². The second-order valence-electron chi connectivity index (χ2n) is 3.46. The fraction of sp³-hybridized carbons (Fsp3) is 0. The molecule has 0 spiro atoms. The minimum atomic E-state index is -0.696. The first-order valence-corrected chi connectivity index (χ1v) is 4.77. The van der Waals surface area contributed by atoms with Gasteiger partial charge in [-0.05, 0) is 29.3 Å². The predicted octanol–water partition coefficient (Wildman–Crippen LogP) is 3.54. The van der Waals surface area contributed by atoms with E-state index < -0.39 is 16.6 Å². The molecular formula is C12H7F2NO2. The maximum absolute atomic E-state index is 13.2. The van der Waals surface area contributed by atoms with Gasteiger partial charge in [0.1, 0.15) is 11.6 Å². The molecule has 0 amide bonds. The number of nitrogens with zero attached hydrogens (tertiary/aromatic N) is 1. The summed E-state index contributed by atoms with van der Waals surface area (Å²) in [6, 6.07) is 8.56. The summed E-state index contributed by atoms with van der Waals surface area (Å²) in [4.78, 5) is 9.90. The van der Waals surface area contributed by atoms with Gasteiger partial charge in [-0.15, -0.1) is 0 Å². The molecule has 0 saturated heterocycles. The van der Waals surface area contributed by atoms with Gasteiger partial charge in [0.15, 0.2) is 0 Å². The van der Waals surface area contributed by atoms with Gasteiger partial charge in [-0.25, -0.2) is 8.78 Å². The zero-order valence-corrected chi connectivity index (χ0v) is 8.56. The van der Waals surface area contributed by atoms with Crippen LogP contribution in [0.2, 0.25) is 0 Å². The van der Waals surface area contributed by atoms with Crippen LogP contribution < -0.4 is 0 Å². The Hall–Kier alpha value is -2.30. The summed E-state index contributed by atoms with van der Waals surface area (Å²) in [5.74, 6) is -1.11. The fourth-order valence-corrected chi connectivity index (χ4v) is 1.49. The van der Waals surface area contributed by atoms with Gasteiger partial charge in [0.2, 0.25) is 0 Å². The highest BCUT2D eigenvalue weighted by Crippen LogP contribution is 2.25. The molecule has 0 bridgehead atoms. The van der Waals surface area contributed by atoms with Crippen LogP contribution in [0.1, 0.15) is 0 Å². The second-order valence-corrected chi connectivity index (χ2v) is 3.46. The van der Waals surface area contributed by atoms with Crippen LogP contribution in [0.4, 0.5) is 14.5 Å². The monoisotopic (exact) mass is 235 g/mol. The first-order valence-electron chi connectivity index (χ1n) is 4.77. The lowest BCUT2D eigenvalue weighted by molar-refractivity contribution is -0.385.